The average Bonchev–Trinajstić information content (AvgIpc) is 2.41. The van der Waals surface area contributed by atoms with Crippen LogP contribution in [0.4, 0.5) is 0 Å². The second kappa shape index (κ2) is 7.63. The van der Waals surface area contributed by atoms with Gasteiger partial charge in [-0.25, -0.2) is 0 Å². The summed E-state index contributed by atoms with van der Waals surface area (Å²) in [4.78, 5) is 8.36. The molecule has 0 aliphatic rings. The van der Waals surface area contributed by atoms with Crippen molar-refractivity contribution in [2.75, 3.05) is 0 Å². The second-order valence-electron chi connectivity index (χ2n) is 3.30. The summed E-state index contributed by atoms with van der Waals surface area (Å²) in [6.07, 6.45) is 0. The Bertz CT molecular complexity index is 438. The third-order valence-corrected chi connectivity index (χ3v) is 2.86. The van der Waals surface area contributed by atoms with Crippen molar-refractivity contribution in [1.82, 2.24) is 0 Å². The molecule has 0 saturated carbocycles. The van der Waals surface area contributed by atoms with Crippen LogP contribution in [0.5, 0.6) is 0 Å². The lowest BCUT2D eigenvalue weighted by Gasteiger charge is -2.01. The number of rotatable bonds is 2. The molecule has 3 heteroatoms. The van der Waals surface area contributed by atoms with Crippen LogP contribution in [-0.4, -0.2) is 11.6 Å². The molecule has 0 atom stereocenters. The van der Waals surface area contributed by atoms with Gasteiger partial charge < -0.3 is 5.11 Å². The van der Waals surface area contributed by atoms with Crippen molar-refractivity contribution >= 4 is 22.4 Å². The van der Waals surface area contributed by atoms with E-state index < -0.39 is 0 Å². The maximum absolute atomic E-state index is 8.36. The number of hydrogen-bond acceptors (Lipinski definition) is 1. The van der Waals surface area contributed by atoms with Gasteiger partial charge in [0.1, 0.15) is 0 Å². The molecule has 2 aromatic rings. The third kappa shape index (κ3) is 4.41. The minimum atomic E-state index is -0.250. The predicted octanol–water partition coefficient (Wildman–Crippen LogP) is 3.95. The highest BCUT2D eigenvalue weighted by Gasteiger charge is 1.95. The van der Waals surface area contributed by atoms with Gasteiger partial charge in [-0.1, -0.05) is 70.5 Å². The summed E-state index contributed by atoms with van der Waals surface area (Å²) in [5, 5.41) is 7.81. The molecule has 0 bridgehead atoms. The third-order valence-electron chi connectivity index (χ3n) is 2.22. The zero-order chi connectivity index (χ0) is 12.5. The van der Waals surface area contributed by atoms with E-state index in [-0.39, 0.29) is 6.47 Å². The number of benzene rings is 2. The molecule has 0 aliphatic carbocycles. The van der Waals surface area contributed by atoms with Crippen molar-refractivity contribution in [2.45, 2.75) is 5.33 Å². The van der Waals surface area contributed by atoms with Crippen molar-refractivity contribution in [3.8, 4) is 11.1 Å². The van der Waals surface area contributed by atoms with E-state index in [0.29, 0.717) is 0 Å². The van der Waals surface area contributed by atoms with E-state index in [1.165, 1.54) is 16.7 Å². The van der Waals surface area contributed by atoms with E-state index in [9.17, 15) is 0 Å². The molecule has 0 heterocycles. The molecular formula is C14H13BrO2. The molecule has 0 saturated heterocycles. The molecule has 0 amide bonds. The smallest absolute Gasteiger partial charge is 0.290 e. The normalized spacial score (nSPS) is 9.00. The Morgan fingerprint density at radius 1 is 0.941 bits per heavy atom. The second-order valence-corrected chi connectivity index (χ2v) is 3.86. The lowest BCUT2D eigenvalue weighted by molar-refractivity contribution is -0.122. The summed E-state index contributed by atoms with van der Waals surface area (Å²) in [6.45, 7) is -0.250. The number of carboxylic acid groups (broad SMARTS) is 1. The number of hydrogen-bond donors (Lipinski definition) is 1. The monoisotopic (exact) mass is 292 g/mol. The van der Waals surface area contributed by atoms with Crippen molar-refractivity contribution in [1.29, 1.82) is 0 Å². The van der Waals surface area contributed by atoms with Gasteiger partial charge in [0.05, 0.1) is 0 Å². The number of halogens is 1. The van der Waals surface area contributed by atoms with Gasteiger partial charge in [-0.05, 0) is 16.7 Å². The highest BCUT2D eigenvalue weighted by molar-refractivity contribution is 9.08. The molecule has 0 aliphatic heterocycles. The molecule has 0 aromatic heterocycles. The molecule has 0 unspecified atom stereocenters. The standard InChI is InChI=1S/C13H11Br.CH2O2/c14-10-11-6-8-13(9-7-11)12-4-2-1-3-5-12;2-1-3/h1-9H,10H2;1H,(H,2,3). The lowest BCUT2D eigenvalue weighted by Crippen LogP contribution is -1.79. The van der Waals surface area contributed by atoms with Gasteiger partial charge in [0.15, 0.2) is 0 Å². The summed E-state index contributed by atoms with van der Waals surface area (Å²) in [7, 11) is 0. The first-order valence-corrected chi connectivity index (χ1v) is 6.22. The van der Waals surface area contributed by atoms with Gasteiger partial charge in [0.25, 0.3) is 6.47 Å². The Hall–Kier alpha value is -1.61. The van der Waals surface area contributed by atoms with Crippen LogP contribution in [0.1, 0.15) is 5.56 Å². The van der Waals surface area contributed by atoms with Crippen LogP contribution in [0.15, 0.2) is 54.6 Å². The molecule has 0 radical (unpaired) electrons. The molecule has 2 rings (SSSR count). The van der Waals surface area contributed by atoms with Crippen LogP contribution in [0.3, 0.4) is 0 Å². The summed E-state index contributed by atoms with van der Waals surface area (Å²) in [6, 6.07) is 19.0. The van der Waals surface area contributed by atoms with Crippen molar-refractivity contribution < 1.29 is 9.90 Å². The largest absolute Gasteiger partial charge is 0.483 e. The molecule has 2 nitrogen and oxygen atoms in total. The van der Waals surface area contributed by atoms with Gasteiger partial charge in [0, 0.05) is 5.33 Å². The fraction of sp³-hybridized carbons (Fsp3) is 0.0714. The number of carbonyl (C=O) groups is 1. The zero-order valence-electron chi connectivity index (χ0n) is 9.21. The van der Waals surface area contributed by atoms with E-state index in [0.717, 1.165) is 5.33 Å². The van der Waals surface area contributed by atoms with E-state index in [1.54, 1.807) is 0 Å². The van der Waals surface area contributed by atoms with E-state index >= 15 is 0 Å². The predicted molar refractivity (Wildman–Crippen MR) is 73.2 cm³/mol. The zero-order valence-corrected chi connectivity index (χ0v) is 10.8. The topological polar surface area (TPSA) is 37.3 Å². The molecule has 17 heavy (non-hydrogen) atoms. The molecular weight excluding hydrogens is 280 g/mol. The fourth-order valence-corrected chi connectivity index (χ4v) is 1.79. The molecule has 0 fully saturated rings. The van der Waals surface area contributed by atoms with Crippen LogP contribution in [0.25, 0.3) is 11.1 Å². The Morgan fingerprint density at radius 2 is 1.41 bits per heavy atom. The minimum Gasteiger partial charge on any atom is -0.483 e. The Labute approximate surface area is 109 Å². The van der Waals surface area contributed by atoms with E-state index in [2.05, 4.69) is 64.5 Å². The lowest BCUT2D eigenvalue weighted by atomic mass is 10.0. The van der Waals surface area contributed by atoms with Gasteiger partial charge in [-0.2, -0.15) is 0 Å². The molecule has 2 aromatic carbocycles. The maximum atomic E-state index is 8.36. The Morgan fingerprint density at radius 3 is 1.88 bits per heavy atom. The fourth-order valence-electron chi connectivity index (χ4n) is 1.42. The van der Waals surface area contributed by atoms with E-state index in [1.807, 2.05) is 6.07 Å². The quantitative estimate of drug-likeness (QED) is 0.672. The van der Waals surface area contributed by atoms with Crippen LogP contribution in [0.2, 0.25) is 0 Å². The first kappa shape index (κ1) is 13.5. The number of alkyl halides is 1. The Kier molecular flexibility index (Phi) is 6.04. The first-order valence-electron chi connectivity index (χ1n) is 5.10. The SMILES string of the molecule is BrCc1ccc(-c2ccccc2)cc1.O=CO. The van der Waals surface area contributed by atoms with Gasteiger partial charge in [-0.3, -0.25) is 4.79 Å². The summed E-state index contributed by atoms with van der Waals surface area (Å²) in [5.41, 5.74) is 3.86. The highest BCUT2D eigenvalue weighted by atomic mass is 79.9. The highest BCUT2D eigenvalue weighted by Crippen LogP contribution is 2.19. The van der Waals surface area contributed by atoms with Crippen LogP contribution in [0, 0.1) is 0 Å². The van der Waals surface area contributed by atoms with Crippen LogP contribution < -0.4 is 0 Å². The van der Waals surface area contributed by atoms with Crippen LogP contribution >= 0.6 is 15.9 Å². The summed E-state index contributed by atoms with van der Waals surface area (Å²) >= 11 is 3.44. The van der Waals surface area contributed by atoms with Gasteiger partial charge in [-0.15, -0.1) is 0 Å². The minimum absolute atomic E-state index is 0.250. The molecule has 88 valence electrons. The summed E-state index contributed by atoms with van der Waals surface area (Å²) in [5.74, 6) is 0. The molecule has 0 spiro atoms. The van der Waals surface area contributed by atoms with Gasteiger partial charge >= 0.3 is 0 Å². The average molecular weight is 293 g/mol. The van der Waals surface area contributed by atoms with E-state index in [4.69, 9.17) is 9.90 Å². The summed E-state index contributed by atoms with van der Waals surface area (Å²) < 4.78 is 0. The molecule has 1 N–H and O–H groups in total. The Balaban J connectivity index is 0.000000437. The maximum Gasteiger partial charge on any atom is 0.290 e. The van der Waals surface area contributed by atoms with Gasteiger partial charge in [0.2, 0.25) is 0 Å². The van der Waals surface area contributed by atoms with Crippen molar-refractivity contribution in [2.24, 2.45) is 0 Å². The first-order chi connectivity index (χ1) is 8.31. The van der Waals surface area contributed by atoms with Crippen molar-refractivity contribution in [3.05, 3.63) is 60.2 Å². The van der Waals surface area contributed by atoms with Crippen LogP contribution in [-0.2, 0) is 10.1 Å². The van der Waals surface area contributed by atoms with Crippen molar-refractivity contribution in [3.63, 3.8) is 0 Å².